The Labute approximate surface area is 141 Å². The molecule has 0 aliphatic rings. The van der Waals surface area contributed by atoms with Gasteiger partial charge in [0, 0.05) is 0 Å². The van der Waals surface area contributed by atoms with E-state index in [0.29, 0.717) is 10.5 Å². The van der Waals surface area contributed by atoms with Gasteiger partial charge in [-0.25, -0.2) is 9.97 Å². The molecule has 0 aliphatic heterocycles. The van der Waals surface area contributed by atoms with Crippen molar-refractivity contribution in [2.45, 2.75) is 0 Å². The molecule has 0 bridgehead atoms. The van der Waals surface area contributed by atoms with E-state index in [0.717, 1.165) is 22.3 Å². The first-order valence-electron chi connectivity index (χ1n) is 7.26. The van der Waals surface area contributed by atoms with Gasteiger partial charge in [-0.3, -0.25) is 5.41 Å². The van der Waals surface area contributed by atoms with Gasteiger partial charge in [-0.2, -0.15) is 9.78 Å². The Bertz CT molecular complexity index is 1110. The van der Waals surface area contributed by atoms with Crippen LogP contribution < -0.4 is 9.54 Å². The Kier molecular flexibility index (Phi) is 3.55. The molecule has 2 aromatic heterocycles. The zero-order valence-corrected chi connectivity index (χ0v) is 13.6. The van der Waals surface area contributed by atoms with E-state index < -0.39 is 0 Å². The lowest BCUT2D eigenvalue weighted by molar-refractivity contribution is 0.415. The summed E-state index contributed by atoms with van der Waals surface area (Å²) in [6.45, 7) is 0. The molecule has 0 amide bonds. The molecule has 7 heteroatoms. The molecule has 2 aromatic carbocycles. The van der Waals surface area contributed by atoms with Crippen molar-refractivity contribution >= 4 is 39.1 Å². The van der Waals surface area contributed by atoms with Crippen molar-refractivity contribution in [1.82, 2.24) is 14.6 Å². The number of methoxy groups -OCH3 is 1. The Morgan fingerprint density at radius 3 is 2.50 bits per heavy atom. The van der Waals surface area contributed by atoms with Crippen molar-refractivity contribution in [3.8, 4) is 5.75 Å². The van der Waals surface area contributed by atoms with Crippen LogP contribution in [0.1, 0.15) is 5.56 Å². The third-order valence-electron chi connectivity index (χ3n) is 3.55. The Morgan fingerprint density at radius 2 is 1.79 bits per heavy atom. The molecule has 24 heavy (non-hydrogen) atoms. The summed E-state index contributed by atoms with van der Waals surface area (Å²) in [7, 11) is 1.63. The highest BCUT2D eigenvalue weighted by molar-refractivity contribution is 7.15. The second kappa shape index (κ2) is 5.86. The van der Waals surface area contributed by atoms with Crippen molar-refractivity contribution in [3.63, 3.8) is 0 Å². The van der Waals surface area contributed by atoms with Crippen LogP contribution in [-0.2, 0) is 0 Å². The molecule has 6 nitrogen and oxygen atoms in total. The van der Waals surface area contributed by atoms with Crippen LogP contribution in [0, 0.1) is 5.41 Å². The van der Waals surface area contributed by atoms with Crippen LogP contribution in [0.2, 0.25) is 0 Å². The number of thiazole rings is 1. The average molecular weight is 335 g/mol. The number of nitrogens with zero attached hydrogens (tertiary/aromatic N) is 4. The zero-order chi connectivity index (χ0) is 16.5. The van der Waals surface area contributed by atoms with Gasteiger partial charge in [-0.05, 0) is 42.0 Å². The molecular weight excluding hydrogens is 322 g/mol. The predicted octanol–water partition coefficient (Wildman–Crippen LogP) is 3.02. The first-order chi connectivity index (χ1) is 11.7. The van der Waals surface area contributed by atoms with E-state index in [1.807, 2.05) is 48.5 Å². The topological polar surface area (TPSA) is 76.2 Å². The quantitative estimate of drug-likeness (QED) is 0.585. The maximum Gasteiger partial charge on any atom is 0.206 e. The lowest BCUT2D eigenvalue weighted by atomic mass is 10.2. The first-order valence-corrected chi connectivity index (χ1v) is 8.07. The van der Waals surface area contributed by atoms with Gasteiger partial charge in [0.15, 0.2) is 10.5 Å². The summed E-state index contributed by atoms with van der Waals surface area (Å²) in [5, 5.41) is 12.5. The van der Waals surface area contributed by atoms with Crippen LogP contribution in [0.4, 0.5) is 0 Å². The minimum atomic E-state index is 0.282. The highest BCUT2D eigenvalue weighted by atomic mass is 32.1. The number of rotatable bonds is 3. The van der Waals surface area contributed by atoms with Gasteiger partial charge in [0.05, 0.1) is 24.4 Å². The van der Waals surface area contributed by atoms with E-state index in [2.05, 4.69) is 15.1 Å². The van der Waals surface area contributed by atoms with Crippen molar-refractivity contribution < 1.29 is 4.74 Å². The van der Waals surface area contributed by atoms with Crippen molar-refractivity contribution in [1.29, 1.82) is 5.41 Å². The Hall–Kier alpha value is -3.06. The smallest absolute Gasteiger partial charge is 0.206 e. The average Bonchev–Trinajstić information content (AvgIpc) is 2.92. The molecule has 4 aromatic rings. The minimum Gasteiger partial charge on any atom is -0.497 e. The fourth-order valence-corrected chi connectivity index (χ4v) is 3.10. The molecule has 0 saturated heterocycles. The predicted molar refractivity (Wildman–Crippen MR) is 94.8 cm³/mol. The van der Waals surface area contributed by atoms with Crippen LogP contribution in [0.5, 0.6) is 5.75 Å². The molecule has 0 fully saturated rings. The number of aromatic nitrogens is 3. The lowest BCUT2D eigenvalue weighted by Gasteiger charge is -2.00. The monoisotopic (exact) mass is 335 g/mol. The summed E-state index contributed by atoms with van der Waals surface area (Å²) in [5.74, 6) is 0.791. The van der Waals surface area contributed by atoms with Gasteiger partial charge >= 0.3 is 0 Å². The number of nitrogens with one attached hydrogen (secondary N) is 1. The SMILES string of the molecule is COc1ccc(/C=N/n2c(=N)sc3nc4ccccc4nc32)cc1. The fraction of sp³-hybridized carbons (Fsp3) is 0.0588. The van der Waals surface area contributed by atoms with Crippen molar-refractivity contribution in [2.24, 2.45) is 5.10 Å². The highest BCUT2D eigenvalue weighted by Gasteiger charge is 2.09. The molecular formula is C17H13N5OS. The number of hydrogen-bond donors (Lipinski definition) is 1. The van der Waals surface area contributed by atoms with Gasteiger partial charge < -0.3 is 4.74 Å². The van der Waals surface area contributed by atoms with E-state index in [9.17, 15) is 0 Å². The Morgan fingerprint density at radius 1 is 1.08 bits per heavy atom. The van der Waals surface area contributed by atoms with Crippen LogP contribution >= 0.6 is 11.3 Å². The van der Waals surface area contributed by atoms with Crippen molar-refractivity contribution in [3.05, 3.63) is 58.9 Å². The van der Waals surface area contributed by atoms with E-state index in [-0.39, 0.29) is 4.80 Å². The number of benzene rings is 2. The van der Waals surface area contributed by atoms with E-state index in [1.165, 1.54) is 16.0 Å². The zero-order valence-electron chi connectivity index (χ0n) is 12.8. The molecule has 0 atom stereocenters. The molecule has 4 rings (SSSR count). The van der Waals surface area contributed by atoms with Gasteiger partial charge in [-0.15, -0.1) is 0 Å². The number of hydrogen-bond acceptors (Lipinski definition) is 6. The normalized spacial score (nSPS) is 11.5. The number of ether oxygens (including phenoxy) is 1. The summed E-state index contributed by atoms with van der Waals surface area (Å²) in [6, 6.07) is 15.2. The Balaban J connectivity index is 1.80. The van der Waals surface area contributed by atoms with Gasteiger partial charge in [0.1, 0.15) is 5.75 Å². The fourth-order valence-electron chi connectivity index (χ4n) is 2.33. The molecule has 0 aliphatic carbocycles. The second-order valence-corrected chi connectivity index (χ2v) is 6.06. The minimum absolute atomic E-state index is 0.282. The lowest BCUT2D eigenvalue weighted by Crippen LogP contribution is -2.08. The summed E-state index contributed by atoms with van der Waals surface area (Å²) in [5.41, 5.74) is 3.11. The molecule has 0 radical (unpaired) electrons. The summed E-state index contributed by atoms with van der Waals surface area (Å²) in [4.78, 5) is 10.1. The van der Waals surface area contributed by atoms with Gasteiger partial charge in [0.2, 0.25) is 4.80 Å². The highest BCUT2D eigenvalue weighted by Crippen LogP contribution is 2.18. The molecule has 0 unspecified atom stereocenters. The maximum atomic E-state index is 8.13. The molecule has 1 N–H and O–H groups in total. The van der Waals surface area contributed by atoms with E-state index >= 15 is 0 Å². The van der Waals surface area contributed by atoms with Crippen LogP contribution in [0.25, 0.3) is 21.5 Å². The molecule has 2 heterocycles. The third kappa shape index (κ3) is 2.55. The number of para-hydroxylation sites is 2. The van der Waals surface area contributed by atoms with E-state index in [1.54, 1.807) is 13.3 Å². The second-order valence-electron chi connectivity index (χ2n) is 5.08. The number of fused-ring (bicyclic) bond motifs is 2. The molecule has 0 saturated carbocycles. The summed E-state index contributed by atoms with van der Waals surface area (Å²) >= 11 is 1.26. The third-order valence-corrected chi connectivity index (χ3v) is 4.38. The van der Waals surface area contributed by atoms with Gasteiger partial charge in [-0.1, -0.05) is 23.5 Å². The standard InChI is InChI=1S/C17H13N5OS/c1-23-12-8-6-11(7-9-12)10-19-22-15-16(24-17(22)18)21-14-5-3-2-4-13(14)20-15/h2-10,18H,1H3/b18-17?,19-10+. The first kappa shape index (κ1) is 14.5. The molecule has 118 valence electrons. The molecule has 0 spiro atoms. The van der Waals surface area contributed by atoms with E-state index in [4.69, 9.17) is 10.1 Å². The maximum absolute atomic E-state index is 8.13. The van der Waals surface area contributed by atoms with Crippen LogP contribution in [0.15, 0.2) is 53.6 Å². The summed E-state index contributed by atoms with van der Waals surface area (Å²) < 4.78 is 6.64. The van der Waals surface area contributed by atoms with Crippen molar-refractivity contribution in [2.75, 3.05) is 7.11 Å². The van der Waals surface area contributed by atoms with Crippen LogP contribution in [0.3, 0.4) is 0 Å². The summed E-state index contributed by atoms with van der Waals surface area (Å²) in [6.07, 6.45) is 1.69. The largest absolute Gasteiger partial charge is 0.497 e. The van der Waals surface area contributed by atoms with Gasteiger partial charge in [0.25, 0.3) is 0 Å². The van der Waals surface area contributed by atoms with Crippen LogP contribution in [-0.4, -0.2) is 28.0 Å².